The smallest absolute Gasteiger partial charge is 0.307 e. The predicted molar refractivity (Wildman–Crippen MR) is 64.6 cm³/mol. The fourth-order valence-electron chi connectivity index (χ4n) is 1.67. The van der Waals surface area contributed by atoms with Gasteiger partial charge in [0, 0.05) is 5.92 Å². The number of rotatable bonds is 4. The molecular weight excluding hydrogens is 232 g/mol. The Balaban J connectivity index is 2.29. The van der Waals surface area contributed by atoms with Crippen LogP contribution in [0.4, 0.5) is 0 Å². The van der Waals surface area contributed by atoms with E-state index in [-0.39, 0.29) is 12.3 Å². The highest BCUT2D eigenvalue weighted by Gasteiger charge is 2.11. The van der Waals surface area contributed by atoms with Crippen LogP contribution < -0.4 is 0 Å². The third-order valence-electron chi connectivity index (χ3n) is 2.55. The Morgan fingerprint density at radius 3 is 2.56 bits per heavy atom. The molecule has 1 aromatic heterocycles. The van der Waals surface area contributed by atoms with Crippen LogP contribution in [-0.2, 0) is 11.2 Å². The second-order valence-corrected chi connectivity index (χ2v) is 4.34. The van der Waals surface area contributed by atoms with Gasteiger partial charge in [0.15, 0.2) is 5.82 Å². The average Bonchev–Trinajstić information content (AvgIpc) is 2.78. The largest absolute Gasteiger partial charge is 0.481 e. The summed E-state index contributed by atoms with van der Waals surface area (Å²) < 4.78 is 1.66. The lowest BCUT2D eigenvalue weighted by Gasteiger charge is -2.07. The highest BCUT2D eigenvalue weighted by atomic mass is 16.4. The van der Waals surface area contributed by atoms with Gasteiger partial charge >= 0.3 is 5.97 Å². The Bertz CT molecular complexity index is 545. The minimum atomic E-state index is -0.840. The van der Waals surface area contributed by atoms with Crippen molar-refractivity contribution in [3.8, 4) is 5.69 Å². The van der Waals surface area contributed by atoms with Gasteiger partial charge in [0.1, 0.15) is 0 Å². The minimum Gasteiger partial charge on any atom is -0.481 e. The van der Waals surface area contributed by atoms with E-state index in [1.54, 1.807) is 16.8 Å². The molecule has 0 spiro atoms. The Hall–Kier alpha value is -2.24. The lowest BCUT2D eigenvalue weighted by Crippen LogP contribution is -2.05. The van der Waals surface area contributed by atoms with Crippen LogP contribution in [0.5, 0.6) is 0 Å². The molecule has 6 nitrogen and oxygen atoms in total. The van der Waals surface area contributed by atoms with Crippen molar-refractivity contribution >= 4 is 5.97 Å². The Labute approximate surface area is 104 Å². The lowest BCUT2D eigenvalue weighted by atomic mass is 10.1. The third-order valence-corrected chi connectivity index (χ3v) is 2.55. The SMILES string of the molecule is CC(C)c1nnnn1-c1ccc(CC(=O)O)cc1. The van der Waals surface area contributed by atoms with Crippen molar-refractivity contribution < 1.29 is 9.90 Å². The molecule has 0 fully saturated rings. The van der Waals surface area contributed by atoms with Crippen LogP contribution in [0.25, 0.3) is 5.69 Å². The molecule has 1 N–H and O–H groups in total. The summed E-state index contributed by atoms with van der Waals surface area (Å²) in [6.07, 6.45) is 0.0208. The summed E-state index contributed by atoms with van der Waals surface area (Å²) in [6.45, 7) is 4.03. The van der Waals surface area contributed by atoms with Gasteiger partial charge in [-0.15, -0.1) is 5.10 Å². The van der Waals surface area contributed by atoms with Crippen LogP contribution in [0.15, 0.2) is 24.3 Å². The van der Waals surface area contributed by atoms with Gasteiger partial charge in [-0.1, -0.05) is 26.0 Å². The summed E-state index contributed by atoms with van der Waals surface area (Å²) in [5.74, 6) is 0.160. The van der Waals surface area contributed by atoms with Crippen molar-refractivity contribution in [3.63, 3.8) is 0 Å². The van der Waals surface area contributed by atoms with Crippen molar-refractivity contribution in [1.82, 2.24) is 20.2 Å². The molecule has 0 aliphatic rings. The van der Waals surface area contributed by atoms with Crippen LogP contribution in [0.1, 0.15) is 31.2 Å². The Morgan fingerprint density at radius 1 is 1.33 bits per heavy atom. The highest BCUT2D eigenvalue weighted by molar-refractivity contribution is 5.70. The van der Waals surface area contributed by atoms with E-state index in [4.69, 9.17) is 5.11 Å². The van der Waals surface area contributed by atoms with Gasteiger partial charge in [-0.25, -0.2) is 0 Å². The molecule has 0 unspecified atom stereocenters. The summed E-state index contributed by atoms with van der Waals surface area (Å²) in [4.78, 5) is 10.6. The molecule has 94 valence electrons. The van der Waals surface area contributed by atoms with E-state index >= 15 is 0 Å². The van der Waals surface area contributed by atoms with Gasteiger partial charge in [0.05, 0.1) is 12.1 Å². The van der Waals surface area contributed by atoms with Crippen LogP contribution in [0.2, 0.25) is 0 Å². The molecule has 0 amide bonds. The number of hydrogen-bond acceptors (Lipinski definition) is 4. The van der Waals surface area contributed by atoms with E-state index in [0.717, 1.165) is 17.1 Å². The zero-order valence-electron chi connectivity index (χ0n) is 10.2. The molecule has 0 aliphatic heterocycles. The van der Waals surface area contributed by atoms with Gasteiger partial charge in [0.25, 0.3) is 0 Å². The number of aliphatic carboxylic acids is 1. The molecule has 2 aromatic rings. The molecule has 0 saturated carbocycles. The van der Waals surface area contributed by atoms with Crippen LogP contribution >= 0.6 is 0 Å². The molecule has 1 heterocycles. The number of nitrogens with zero attached hydrogens (tertiary/aromatic N) is 4. The first-order valence-electron chi connectivity index (χ1n) is 5.67. The highest BCUT2D eigenvalue weighted by Crippen LogP contribution is 2.15. The van der Waals surface area contributed by atoms with E-state index in [9.17, 15) is 4.79 Å². The summed E-state index contributed by atoms with van der Waals surface area (Å²) in [5.41, 5.74) is 1.59. The number of tetrazole rings is 1. The third kappa shape index (κ3) is 2.53. The van der Waals surface area contributed by atoms with Crippen molar-refractivity contribution in [1.29, 1.82) is 0 Å². The maximum absolute atomic E-state index is 10.6. The molecule has 2 rings (SSSR count). The molecular formula is C12H14N4O2. The van der Waals surface area contributed by atoms with E-state index in [0.29, 0.717) is 0 Å². The molecule has 18 heavy (non-hydrogen) atoms. The van der Waals surface area contributed by atoms with E-state index in [2.05, 4.69) is 15.5 Å². The molecule has 1 aromatic carbocycles. The predicted octanol–water partition coefficient (Wildman–Crippen LogP) is 1.41. The maximum atomic E-state index is 10.6. The summed E-state index contributed by atoms with van der Waals surface area (Å²) >= 11 is 0. The first kappa shape index (κ1) is 12.2. The second kappa shape index (κ2) is 4.95. The standard InChI is InChI=1S/C12H14N4O2/c1-8(2)12-13-14-15-16(12)10-5-3-9(4-6-10)7-11(17)18/h3-6,8H,7H2,1-2H3,(H,17,18). The van der Waals surface area contributed by atoms with Crippen LogP contribution in [0.3, 0.4) is 0 Å². The monoisotopic (exact) mass is 246 g/mol. The molecule has 0 saturated heterocycles. The van der Waals surface area contributed by atoms with E-state index in [1.807, 2.05) is 26.0 Å². The summed E-state index contributed by atoms with van der Waals surface area (Å²) in [5, 5.41) is 20.3. The average molecular weight is 246 g/mol. The number of aromatic nitrogens is 4. The normalized spacial score (nSPS) is 10.8. The minimum absolute atomic E-state index is 0.0208. The Kier molecular flexibility index (Phi) is 3.36. The van der Waals surface area contributed by atoms with Crippen LogP contribution in [-0.4, -0.2) is 31.3 Å². The quantitative estimate of drug-likeness (QED) is 0.882. The molecule has 0 bridgehead atoms. The van der Waals surface area contributed by atoms with Crippen molar-refractivity contribution in [2.75, 3.05) is 0 Å². The summed E-state index contributed by atoms with van der Waals surface area (Å²) in [6, 6.07) is 7.19. The van der Waals surface area contributed by atoms with Gasteiger partial charge in [-0.2, -0.15) is 4.68 Å². The zero-order chi connectivity index (χ0) is 13.1. The molecule has 0 atom stereocenters. The first-order chi connectivity index (χ1) is 8.58. The van der Waals surface area contributed by atoms with Crippen molar-refractivity contribution in [2.45, 2.75) is 26.2 Å². The molecule has 6 heteroatoms. The van der Waals surface area contributed by atoms with Gasteiger partial charge in [0.2, 0.25) is 0 Å². The topological polar surface area (TPSA) is 80.9 Å². The summed E-state index contributed by atoms with van der Waals surface area (Å²) in [7, 11) is 0. The van der Waals surface area contributed by atoms with Crippen molar-refractivity contribution in [2.24, 2.45) is 0 Å². The fourth-order valence-corrected chi connectivity index (χ4v) is 1.67. The number of carboxylic acid groups (broad SMARTS) is 1. The van der Waals surface area contributed by atoms with Crippen molar-refractivity contribution in [3.05, 3.63) is 35.7 Å². The number of hydrogen-bond donors (Lipinski definition) is 1. The first-order valence-corrected chi connectivity index (χ1v) is 5.67. The molecule has 0 radical (unpaired) electrons. The zero-order valence-corrected chi connectivity index (χ0v) is 10.2. The number of carbonyl (C=O) groups is 1. The second-order valence-electron chi connectivity index (χ2n) is 4.34. The maximum Gasteiger partial charge on any atom is 0.307 e. The van der Waals surface area contributed by atoms with E-state index in [1.165, 1.54) is 0 Å². The van der Waals surface area contributed by atoms with Gasteiger partial charge < -0.3 is 5.11 Å². The number of benzene rings is 1. The van der Waals surface area contributed by atoms with Gasteiger partial charge in [-0.3, -0.25) is 4.79 Å². The Morgan fingerprint density at radius 2 is 2.00 bits per heavy atom. The van der Waals surface area contributed by atoms with Crippen LogP contribution in [0, 0.1) is 0 Å². The fraction of sp³-hybridized carbons (Fsp3) is 0.333. The molecule has 0 aliphatic carbocycles. The van der Waals surface area contributed by atoms with E-state index < -0.39 is 5.97 Å². The van der Waals surface area contributed by atoms with Gasteiger partial charge in [-0.05, 0) is 28.1 Å². The lowest BCUT2D eigenvalue weighted by molar-refractivity contribution is -0.136. The number of carboxylic acids is 1.